The number of hydrogen-bond donors (Lipinski definition) is 1. The minimum atomic E-state index is -0.191. The predicted molar refractivity (Wildman–Crippen MR) is 85.9 cm³/mol. The van der Waals surface area contributed by atoms with E-state index in [1.807, 2.05) is 25.1 Å². The number of aliphatic hydroxyl groups is 1. The van der Waals surface area contributed by atoms with Crippen molar-refractivity contribution >= 4 is 23.2 Å². The van der Waals surface area contributed by atoms with Crippen molar-refractivity contribution < 1.29 is 9.84 Å². The average Bonchev–Trinajstić information content (AvgIpc) is 2.46. The van der Waals surface area contributed by atoms with Crippen molar-refractivity contribution in [3.8, 4) is 17.6 Å². The first-order valence-corrected chi connectivity index (χ1v) is 7.13. The lowest BCUT2D eigenvalue weighted by molar-refractivity contribution is 0.305. The second kappa shape index (κ2) is 7.38. The highest BCUT2D eigenvalue weighted by molar-refractivity contribution is 6.35. The Hall–Kier alpha value is -1.66. The summed E-state index contributed by atoms with van der Waals surface area (Å²) in [6, 6.07) is 11.0. The van der Waals surface area contributed by atoms with Gasteiger partial charge in [-0.3, -0.25) is 0 Å². The predicted octanol–water partition coefficient (Wildman–Crippen LogP) is 4.22. The van der Waals surface area contributed by atoms with E-state index in [1.165, 1.54) is 0 Å². The van der Waals surface area contributed by atoms with Crippen LogP contribution >= 0.6 is 23.2 Å². The summed E-state index contributed by atoms with van der Waals surface area (Å²) < 4.78 is 5.78. The number of halogens is 2. The Morgan fingerprint density at radius 2 is 1.86 bits per heavy atom. The largest absolute Gasteiger partial charge is 0.487 e. The van der Waals surface area contributed by atoms with E-state index >= 15 is 0 Å². The van der Waals surface area contributed by atoms with Gasteiger partial charge in [-0.2, -0.15) is 0 Å². The summed E-state index contributed by atoms with van der Waals surface area (Å²) in [6.45, 7) is 2.04. The molecular formula is C17H14Cl2O2. The fourth-order valence-corrected chi connectivity index (χ4v) is 2.33. The van der Waals surface area contributed by atoms with E-state index < -0.39 is 0 Å². The van der Waals surface area contributed by atoms with Crippen LogP contribution in [0.2, 0.25) is 10.0 Å². The minimum absolute atomic E-state index is 0.191. The maximum atomic E-state index is 8.82. The Balaban J connectivity index is 2.24. The highest BCUT2D eigenvalue weighted by Crippen LogP contribution is 2.27. The van der Waals surface area contributed by atoms with Crippen LogP contribution in [-0.4, -0.2) is 11.7 Å². The lowest BCUT2D eigenvalue weighted by atomic mass is 10.1. The molecule has 0 spiro atoms. The van der Waals surface area contributed by atoms with Crippen LogP contribution in [-0.2, 0) is 6.61 Å². The van der Waals surface area contributed by atoms with Crippen LogP contribution in [0.15, 0.2) is 36.4 Å². The smallest absolute Gasteiger partial charge is 0.135 e. The lowest BCUT2D eigenvalue weighted by Crippen LogP contribution is -1.99. The molecule has 0 aromatic heterocycles. The maximum absolute atomic E-state index is 8.82. The van der Waals surface area contributed by atoms with Gasteiger partial charge in [-0.15, -0.1) is 0 Å². The molecule has 4 heteroatoms. The van der Waals surface area contributed by atoms with Gasteiger partial charge >= 0.3 is 0 Å². The number of benzene rings is 2. The molecule has 0 amide bonds. The number of aryl methyl sites for hydroxylation is 1. The first-order valence-electron chi connectivity index (χ1n) is 6.38. The summed E-state index contributed by atoms with van der Waals surface area (Å²) in [5.74, 6) is 6.14. The molecule has 0 unspecified atom stereocenters. The molecule has 2 nitrogen and oxygen atoms in total. The SMILES string of the molecule is Cc1ccc(OCc2c(Cl)cccc2Cl)c(C#CCO)c1. The summed E-state index contributed by atoms with van der Waals surface area (Å²) in [5.41, 5.74) is 2.54. The van der Waals surface area contributed by atoms with Crippen LogP contribution in [0.4, 0.5) is 0 Å². The Bertz CT molecular complexity index is 679. The van der Waals surface area contributed by atoms with Crippen LogP contribution in [0, 0.1) is 18.8 Å². The molecule has 21 heavy (non-hydrogen) atoms. The van der Waals surface area contributed by atoms with E-state index in [-0.39, 0.29) is 13.2 Å². The fourth-order valence-electron chi connectivity index (χ4n) is 1.82. The van der Waals surface area contributed by atoms with Gasteiger partial charge in [0.1, 0.15) is 19.0 Å². The molecule has 0 heterocycles. The van der Waals surface area contributed by atoms with Crippen molar-refractivity contribution in [3.05, 3.63) is 63.1 Å². The minimum Gasteiger partial charge on any atom is -0.487 e. The molecule has 0 saturated carbocycles. The lowest BCUT2D eigenvalue weighted by Gasteiger charge is -2.11. The Labute approximate surface area is 134 Å². The van der Waals surface area contributed by atoms with Crippen molar-refractivity contribution in [3.63, 3.8) is 0 Å². The quantitative estimate of drug-likeness (QED) is 0.858. The molecule has 2 rings (SSSR count). The van der Waals surface area contributed by atoms with Crippen LogP contribution < -0.4 is 4.74 Å². The molecule has 0 radical (unpaired) electrons. The summed E-state index contributed by atoms with van der Waals surface area (Å²) in [6.07, 6.45) is 0. The summed E-state index contributed by atoms with van der Waals surface area (Å²) in [7, 11) is 0. The van der Waals surface area contributed by atoms with E-state index in [0.717, 1.165) is 16.7 Å². The van der Waals surface area contributed by atoms with Crippen LogP contribution in [0.25, 0.3) is 0 Å². The van der Waals surface area contributed by atoms with E-state index in [2.05, 4.69) is 11.8 Å². The second-order valence-electron chi connectivity index (χ2n) is 4.45. The average molecular weight is 321 g/mol. The van der Waals surface area contributed by atoms with Crippen molar-refractivity contribution in [2.45, 2.75) is 13.5 Å². The molecule has 2 aromatic rings. The molecule has 0 fully saturated rings. The molecule has 0 saturated heterocycles. The Morgan fingerprint density at radius 3 is 2.52 bits per heavy atom. The number of rotatable bonds is 3. The van der Waals surface area contributed by atoms with Gasteiger partial charge in [0, 0.05) is 15.6 Å². The fraction of sp³-hybridized carbons (Fsp3) is 0.176. The zero-order chi connectivity index (χ0) is 15.2. The van der Waals surface area contributed by atoms with E-state index in [0.29, 0.717) is 15.8 Å². The molecule has 0 aliphatic carbocycles. The second-order valence-corrected chi connectivity index (χ2v) is 5.26. The number of hydrogen-bond acceptors (Lipinski definition) is 2. The molecule has 108 valence electrons. The third-order valence-corrected chi connectivity index (χ3v) is 3.58. The summed E-state index contributed by atoms with van der Waals surface area (Å²) >= 11 is 12.2. The van der Waals surface area contributed by atoms with Gasteiger partial charge < -0.3 is 9.84 Å². The van der Waals surface area contributed by atoms with Gasteiger partial charge in [-0.1, -0.05) is 47.2 Å². The molecular weight excluding hydrogens is 307 g/mol. The van der Waals surface area contributed by atoms with Gasteiger partial charge in [0.05, 0.1) is 5.56 Å². The molecule has 0 aliphatic rings. The maximum Gasteiger partial charge on any atom is 0.135 e. The number of ether oxygens (including phenoxy) is 1. The summed E-state index contributed by atoms with van der Waals surface area (Å²) in [5, 5.41) is 9.95. The first kappa shape index (κ1) is 15.7. The molecule has 2 aromatic carbocycles. The Morgan fingerprint density at radius 1 is 1.14 bits per heavy atom. The van der Waals surface area contributed by atoms with E-state index in [1.54, 1.807) is 18.2 Å². The molecule has 0 atom stereocenters. The topological polar surface area (TPSA) is 29.5 Å². The molecule has 1 N–H and O–H groups in total. The highest BCUT2D eigenvalue weighted by Gasteiger charge is 2.08. The zero-order valence-corrected chi connectivity index (χ0v) is 13.0. The van der Waals surface area contributed by atoms with Crippen LogP contribution in [0.3, 0.4) is 0 Å². The van der Waals surface area contributed by atoms with Crippen molar-refractivity contribution in [1.29, 1.82) is 0 Å². The van der Waals surface area contributed by atoms with Gasteiger partial charge in [-0.05, 0) is 36.8 Å². The zero-order valence-electron chi connectivity index (χ0n) is 11.5. The monoisotopic (exact) mass is 320 g/mol. The third-order valence-electron chi connectivity index (χ3n) is 2.87. The number of aliphatic hydroxyl groups excluding tert-OH is 1. The standard InChI is InChI=1S/C17H14Cl2O2/c1-12-7-8-17(13(10-12)4-3-9-20)21-11-14-15(18)5-2-6-16(14)19/h2,5-8,10,20H,9,11H2,1H3. The van der Waals surface area contributed by atoms with Crippen LogP contribution in [0.5, 0.6) is 5.75 Å². The van der Waals surface area contributed by atoms with Gasteiger partial charge in [0.2, 0.25) is 0 Å². The van der Waals surface area contributed by atoms with E-state index in [9.17, 15) is 0 Å². The normalized spacial score (nSPS) is 9.90. The highest BCUT2D eigenvalue weighted by atomic mass is 35.5. The van der Waals surface area contributed by atoms with Gasteiger partial charge in [0.15, 0.2) is 0 Å². The van der Waals surface area contributed by atoms with Crippen molar-refractivity contribution in [2.24, 2.45) is 0 Å². The Kier molecular flexibility index (Phi) is 5.52. The van der Waals surface area contributed by atoms with E-state index in [4.69, 9.17) is 33.0 Å². The van der Waals surface area contributed by atoms with Gasteiger partial charge in [-0.25, -0.2) is 0 Å². The van der Waals surface area contributed by atoms with Crippen molar-refractivity contribution in [2.75, 3.05) is 6.61 Å². The molecule has 0 aliphatic heterocycles. The first-order chi connectivity index (χ1) is 10.1. The van der Waals surface area contributed by atoms with Gasteiger partial charge in [0.25, 0.3) is 0 Å². The summed E-state index contributed by atoms with van der Waals surface area (Å²) in [4.78, 5) is 0. The van der Waals surface area contributed by atoms with Crippen molar-refractivity contribution in [1.82, 2.24) is 0 Å². The van der Waals surface area contributed by atoms with Crippen LogP contribution in [0.1, 0.15) is 16.7 Å². The third kappa shape index (κ3) is 4.15. The molecule has 0 bridgehead atoms.